The number of benzene rings is 2. The Bertz CT molecular complexity index is 629. The molecule has 2 aromatic rings. The second-order valence-electron chi connectivity index (χ2n) is 4.81. The van der Waals surface area contributed by atoms with E-state index < -0.39 is 6.10 Å². The molecule has 4 nitrogen and oxygen atoms in total. The molecular formula is C17H17F2NO3. The predicted octanol–water partition coefficient (Wildman–Crippen LogP) is 2.93. The van der Waals surface area contributed by atoms with Gasteiger partial charge in [0.15, 0.2) is 6.10 Å². The van der Waals surface area contributed by atoms with Crippen molar-refractivity contribution in [3.05, 3.63) is 60.2 Å². The average molecular weight is 321 g/mol. The summed E-state index contributed by atoms with van der Waals surface area (Å²) in [5, 5.41) is 2.66. The third kappa shape index (κ3) is 5.58. The molecule has 0 fully saturated rings. The molecule has 6 heteroatoms. The first kappa shape index (κ1) is 16.7. The first-order valence-electron chi connectivity index (χ1n) is 7.13. The molecule has 0 saturated heterocycles. The second-order valence-corrected chi connectivity index (χ2v) is 4.81. The van der Waals surface area contributed by atoms with Gasteiger partial charge in [-0.05, 0) is 55.5 Å². The lowest BCUT2D eigenvalue weighted by Crippen LogP contribution is -2.38. The fraction of sp³-hybridized carbons (Fsp3) is 0.235. The van der Waals surface area contributed by atoms with E-state index in [4.69, 9.17) is 9.47 Å². The Morgan fingerprint density at radius 1 is 1.00 bits per heavy atom. The van der Waals surface area contributed by atoms with Gasteiger partial charge in [0.1, 0.15) is 29.7 Å². The summed E-state index contributed by atoms with van der Waals surface area (Å²) in [6, 6.07) is 11.0. The van der Waals surface area contributed by atoms with Crippen LogP contribution >= 0.6 is 0 Å². The molecule has 0 aliphatic rings. The van der Waals surface area contributed by atoms with Crippen molar-refractivity contribution in [1.82, 2.24) is 5.32 Å². The van der Waals surface area contributed by atoms with Crippen LogP contribution in [0.4, 0.5) is 8.78 Å². The van der Waals surface area contributed by atoms with Gasteiger partial charge < -0.3 is 14.8 Å². The summed E-state index contributed by atoms with van der Waals surface area (Å²) in [5.74, 6) is -0.0743. The Morgan fingerprint density at radius 3 is 2.09 bits per heavy atom. The fourth-order valence-corrected chi connectivity index (χ4v) is 1.79. The highest BCUT2D eigenvalue weighted by molar-refractivity contribution is 5.80. The molecule has 1 amide bonds. The van der Waals surface area contributed by atoms with Gasteiger partial charge in [-0.25, -0.2) is 8.78 Å². The molecule has 0 unspecified atom stereocenters. The Labute approximate surface area is 133 Å². The highest BCUT2D eigenvalue weighted by atomic mass is 19.1. The molecule has 0 bridgehead atoms. The zero-order valence-corrected chi connectivity index (χ0v) is 12.6. The first-order chi connectivity index (χ1) is 11.0. The van der Waals surface area contributed by atoms with Crippen molar-refractivity contribution >= 4 is 5.91 Å². The maximum Gasteiger partial charge on any atom is 0.260 e. The third-order valence-electron chi connectivity index (χ3n) is 2.98. The van der Waals surface area contributed by atoms with Crippen LogP contribution in [0.2, 0.25) is 0 Å². The molecule has 1 atom stereocenters. The van der Waals surface area contributed by atoms with Crippen molar-refractivity contribution in [2.24, 2.45) is 0 Å². The second kappa shape index (κ2) is 8.12. The number of ether oxygens (including phenoxy) is 2. The van der Waals surface area contributed by atoms with Crippen LogP contribution in [0.3, 0.4) is 0 Å². The van der Waals surface area contributed by atoms with Crippen LogP contribution in [0.5, 0.6) is 11.5 Å². The van der Waals surface area contributed by atoms with Crippen molar-refractivity contribution in [2.45, 2.75) is 13.0 Å². The molecule has 0 aliphatic heterocycles. The van der Waals surface area contributed by atoms with Crippen LogP contribution in [0.25, 0.3) is 0 Å². The van der Waals surface area contributed by atoms with Crippen molar-refractivity contribution < 1.29 is 23.0 Å². The smallest absolute Gasteiger partial charge is 0.260 e. The van der Waals surface area contributed by atoms with E-state index in [1.807, 2.05) is 0 Å². The molecule has 0 radical (unpaired) electrons. The summed E-state index contributed by atoms with van der Waals surface area (Å²) in [6.07, 6.45) is -0.716. The van der Waals surface area contributed by atoms with Gasteiger partial charge >= 0.3 is 0 Å². The van der Waals surface area contributed by atoms with E-state index in [0.717, 1.165) is 0 Å². The van der Waals surface area contributed by atoms with Gasteiger partial charge in [0, 0.05) is 0 Å². The lowest BCUT2D eigenvalue weighted by Gasteiger charge is -2.15. The third-order valence-corrected chi connectivity index (χ3v) is 2.98. The maximum absolute atomic E-state index is 12.8. The van der Waals surface area contributed by atoms with Crippen molar-refractivity contribution in [2.75, 3.05) is 13.2 Å². The molecule has 2 aromatic carbocycles. The highest BCUT2D eigenvalue weighted by Crippen LogP contribution is 2.13. The van der Waals surface area contributed by atoms with E-state index in [9.17, 15) is 13.6 Å². The number of nitrogens with one attached hydrogen (secondary N) is 1. The molecule has 0 aliphatic carbocycles. The molecule has 1 N–H and O–H groups in total. The van der Waals surface area contributed by atoms with Crippen LogP contribution in [-0.2, 0) is 4.79 Å². The van der Waals surface area contributed by atoms with Crippen LogP contribution in [0, 0.1) is 11.6 Å². The van der Waals surface area contributed by atoms with E-state index in [2.05, 4.69) is 5.32 Å². The Balaban J connectivity index is 1.69. The van der Waals surface area contributed by atoms with Gasteiger partial charge in [-0.1, -0.05) is 0 Å². The zero-order chi connectivity index (χ0) is 16.7. The average Bonchev–Trinajstić information content (AvgIpc) is 2.55. The maximum atomic E-state index is 12.8. The number of halogens is 2. The predicted molar refractivity (Wildman–Crippen MR) is 81.4 cm³/mol. The molecular weight excluding hydrogens is 304 g/mol. The number of carbonyl (C=O) groups is 1. The summed E-state index contributed by atoms with van der Waals surface area (Å²) < 4.78 is 36.3. The van der Waals surface area contributed by atoms with Crippen LogP contribution in [-0.4, -0.2) is 25.2 Å². The Morgan fingerprint density at radius 2 is 1.52 bits per heavy atom. The van der Waals surface area contributed by atoms with Crippen molar-refractivity contribution in [1.29, 1.82) is 0 Å². The lowest BCUT2D eigenvalue weighted by atomic mass is 10.3. The highest BCUT2D eigenvalue weighted by Gasteiger charge is 2.14. The molecule has 0 saturated carbocycles. The van der Waals surface area contributed by atoms with Gasteiger partial charge in [-0.3, -0.25) is 4.79 Å². The van der Waals surface area contributed by atoms with E-state index in [-0.39, 0.29) is 30.7 Å². The number of hydrogen-bond acceptors (Lipinski definition) is 3. The van der Waals surface area contributed by atoms with Crippen LogP contribution in [0.1, 0.15) is 6.92 Å². The molecule has 2 rings (SSSR count). The molecule has 122 valence electrons. The van der Waals surface area contributed by atoms with E-state index in [1.165, 1.54) is 48.5 Å². The quantitative estimate of drug-likeness (QED) is 0.798. The SMILES string of the molecule is C[C@H](Oc1ccc(F)cc1)C(=O)NCCOc1ccc(F)cc1. The summed E-state index contributed by atoms with van der Waals surface area (Å²) in [5.41, 5.74) is 0. The summed E-state index contributed by atoms with van der Waals surface area (Å²) in [4.78, 5) is 11.9. The van der Waals surface area contributed by atoms with E-state index in [1.54, 1.807) is 6.92 Å². The monoisotopic (exact) mass is 321 g/mol. The zero-order valence-electron chi connectivity index (χ0n) is 12.6. The number of amides is 1. The minimum atomic E-state index is -0.716. The van der Waals surface area contributed by atoms with Crippen LogP contribution < -0.4 is 14.8 Å². The summed E-state index contributed by atoms with van der Waals surface area (Å²) in [6.45, 7) is 2.13. The minimum Gasteiger partial charge on any atom is -0.492 e. The normalized spacial score (nSPS) is 11.6. The van der Waals surface area contributed by atoms with Gasteiger partial charge in [0.05, 0.1) is 6.54 Å². The number of carbonyl (C=O) groups excluding carboxylic acids is 1. The van der Waals surface area contributed by atoms with Gasteiger partial charge in [-0.15, -0.1) is 0 Å². The largest absolute Gasteiger partial charge is 0.492 e. The molecule has 0 spiro atoms. The molecule has 23 heavy (non-hydrogen) atoms. The standard InChI is InChI=1S/C17H17F2NO3/c1-12(23-16-8-4-14(19)5-9-16)17(21)20-10-11-22-15-6-2-13(18)3-7-15/h2-9,12H,10-11H2,1H3,(H,20,21)/t12-/m0/s1. The first-order valence-corrected chi connectivity index (χ1v) is 7.13. The lowest BCUT2D eigenvalue weighted by molar-refractivity contribution is -0.127. The van der Waals surface area contributed by atoms with Gasteiger partial charge in [0.25, 0.3) is 5.91 Å². The Hall–Kier alpha value is -2.63. The number of rotatable bonds is 7. The molecule has 0 heterocycles. The molecule has 0 aromatic heterocycles. The van der Waals surface area contributed by atoms with E-state index in [0.29, 0.717) is 11.5 Å². The minimum absolute atomic E-state index is 0.251. The van der Waals surface area contributed by atoms with Crippen molar-refractivity contribution in [3.63, 3.8) is 0 Å². The van der Waals surface area contributed by atoms with Crippen molar-refractivity contribution in [3.8, 4) is 11.5 Å². The van der Waals surface area contributed by atoms with E-state index >= 15 is 0 Å². The topological polar surface area (TPSA) is 47.6 Å². The summed E-state index contributed by atoms with van der Waals surface area (Å²) >= 11 is 0. The fourth-order valence-electron chi connectivity index (χ4n) is 1.79. The van der Waals surface area contributed by atoms with Crippen LogP contribution in [0.15, 0.2) is 48.5 Å². The van der Waals surface area contributed by atoms with Gasteiger partial charge in [0.2, 0.25) is 0 Å². The Kier molecular flexibility index (Phi) is 5.91. The van der Waals surface area contributed by atoms with Gasteiger partial charge in [-0.2, -0.15) is 0 Å². The summed E-state index contributed by atoms with van der Waals surface area (Å²) in [7, 11) is 0. The number of hydrogen-bond donors (Lipinski definition) is 1.